The Morgan fingerprint density at radius 1 is 1.29 bits per heavy atom. The molecule has 1 aromatic carbocycles. The lowest BCUT2D eigenvalue weighted by Crippen LogP contribution is -2.75. The van der Waals surface area contributed by atoms with Gasteiger partial charge in [-0.3, -0.25) is 14.5 Å². The molecule has 3 atom stereocenters. The van der Waals surface area contributed by atoms with Gasteiger partial charge in [0.1, 0.15) is 23.8 Å². The highest BCUT2D eigenvalue weighted by Crippen LogP contribution is 2.38. The summed E-state index contributed by atoms with van der Waals surface area (Å²) in [7, 11) is 0. The normalized spacial score (nSPS) is 23.1. The molecule has 3 rings (SSSR count). The maximum absolute atomic E-state index is 12.7. The quantitative estimate of drug-likeness (QED) is 0.231. The van der Waals surface area contributed by atoms with E-state index in [-0.39, 0.29) is 23.4 Å². The molecule has 2 heterocycles. The van der Waals surface area contributed by atoms with Crippen LogP contribution >= 0.6 is 50.7 Å². The van der Waals surface area contributed by atoms with Crippen LogP contribution in [0.25, 0.3) is 0 Å². The van der Waals surface area contributed by atoms with Crippen LogP contribution in [-0.4, -0.2) is 66.7 Å². The average Bonchev–Trinajstić information content (AvgIpc) is 2.73. The van der Waals surface area contributed by atoms with Crippen LogP contribution < -0.4 is 10.1 Å². The van der Waals surface area contributed by atoms with E-state index in [0.29, 0.717) is 11.3 Å². The fourth-order valence-corrected chi connectivity index (χ4v) is 5.62. The second-order valence-electron chi connectivity index (χ2n) is 6.55. The third-order valence-electron chi connectivity index (χ3n) is 4.36. The van der Waals surface area contributed by atoms with Crippen LogP contribution in [0.4, 0.5) is 0 Å². The van der Waals surface area contributed by atoms with Gasteiger partial charge in [-0.1, -0.05) is 68.9 Å². The molecule has 0 aromatic heterocycles. The first-order valence-electron chi connectivity index (χ1n) is 8.81. The van der Waals surface area contributed by atoms with Gasteiger partial charge in [0.15, 0.2) is 12.6 Å². The molecule has 168 valence electrons. The summed E-state index contributed by atoms with van der Waals surface area (Å²) in [5, 5.41) is 1.80. The van der Waals surface area contributed by atoms with Gasteiger partial charge in [-0.25, -0.2) is 4.79 Å². The smallest absolute Gasteiger partial charge is 0.355 e. The monoisotopic (exact) mass is 572 g/mol. The fraction of sp³-hybridized carbons (Fsp3) is 0.389. The number of carbonyl (C=O) groups excluding carboxylic acids is 3. The molecule has 0 bridgehead atoms. The summed E-state index contributed by atoms with van der Waals surface area (Å²) in [5.41, 5.74) is 0.348. The Hall–Kier alpha value is -1.17. The first-order valence-corrected chi connectivity index (χ1v) is 12.5. The van der Waals surface area contributed by atoms with Crippen molar-refractivity contribution in [3.05, 3.63) is 41.6 Å². The topological polar surface area (TPSA) is 108 Å². The second kappa shape index (κ2) is 10.2. The molecule has 1 saturated heterocycles. The molecular formula is C18H16BrCl3N2O6S. The van der Waals surface area contributed by atoms with E-state index in [2.05, 4.69) is 21.2 Å². The number of amides is 2. The Bertz CT molecular complexity index is 898. The lowest BCUT2D eigenvalue weighted by molar-refractivity contribution is -0.153. The van der Waals surface area contributed by atoms with Crippen molar-refractivity contribution in [2.24, 2.45) is 0 Å². The minimum atomic E-state index is -1.82. The summed E-state index contributed by atoms with van der Waals surface area (Å²) < 4.78 is 21.2. The zero-order valence-electron chi connectivity index (χ0n) is 15.7. The Morgan fingerprint density at radius 3 is 2.58 bits per heavy atom. The van der Waals surface area contributed by atoms with Gasteiger partial charge in [-0.15, -0.1) is 0 Å². The number of nitrogens with zero attached hydrogens (tertiary/aromatic N) is 1. The van der Waals surface area contributed by atoms with E-state index in [4.69, 9.17) is 44.3 Å². The van der Waals surface area contributed by atoms with E-state index in [1.165, 1.54) is 0 Å². The van der Waals surface area contributed by atoms with Crippen LogP contribution in [0, 0.1) is 0 Å². The Balaban J connectivity index is 1.68. The van der Waals surface area contributed by atoms with Crippen molar-refractivity contribution in [3.8, 4) is 5.75 Å². The summed E-state index contributed by atoms with van der Waals surface area (Å²) in [4.78, 5) is 38.6. The SMILES string of the molecule is O=C(COc1ccccc1)NC1C(=O)N2C(C(=O)OCC(Cl)(Cl)Cl)=C(CBr)C[S+]([O-])[C@@H]12. The number of para-hydroxylation sites is 1. The maximum atomic E-state index is 12.7. The van der Waals surface area contributed by atoms with Crippen molar-refractivity contribution < 1.29 is 28.4 Å². The number of hydrogen-bond acceptors (Lipinski definition) is 6. The van der Waals surface area contributed by atoms with Crippen LogP contribution in [0.5, 0.6) is 5.75 Å². The molecule has 1 fully saturated rings. The van der Waals surface area contributed by atoms with Crippen molar-refractivity contribution in [1.29, 1.82) is 0 Å². The zero-order chi connectivity index (χ0) is 22.8. The molecule has 0 spiro atoms. The van der Waals surface area contributed by atoms with Gasteiger partial charge in [-0.05, 0) is 23.3 Å². The van der Waals surface area contributed by atoms with Gasteiger partial charge in [0.25, 0.3) is 11.8 Å². The molecule has 8 nitrogen and oxygen atoms in total. The largest absolute Gasteiger partial charge is 0.614 e. The van der Waals surface area contributed by atoms with Gasteiger partial charge >= 0.3 is 5.97 Å². The molecular weight excluding hydrogens is 559 g/mol. The van der Waals surface area contributed by atoms with E-state index in [9.17, 15) is 18.9 Å². The van der Waals surface area contributed by atoms with Gasteiger partial charge < -0.3 is 19.3 Å². The number of carbonyl (C=O) groups is 3. The van der Waals surface area contributed by atoms with Crippen LogP contribution in [0.2, 0.25) is 0 Å². The third-order valence-corrected chi connectivity index (χ3v) is 7.01. The summed E-state index contributed by atoms with van der Waals surface area (Å²) in [6, 6.07) is 7.62. The van der Waals surface area contributed by atoms with E-state index in [0.717, 1.165) is 4.90 Å². The van der Waals surface area contributed by atoms with Crippen LogP contribution in [0.15, 0.2) is 41.6 Å². The molecule has 2 aliphatic rings. The molecule has 0 radical (unpaired) electrons. The molecule has 1 aromatic rings. The first kappa shape index (κ1) is 24.5. The predicted molar refractivity (Wildman–Crippen MR) is 120 cm³/mol. The first-order chi connectivity index (χ1) is 14.6. The molecule has 0 aliphatic carbocycles. The number of halogens is 4. The summed E-state index contributed by atoms with van der Waals surface area (Å²) >= 11 is 18.5. The molecule has 2 aliphatic heterocycles. The van der Waals surface area contributed by atoms with Gasteiger partial charge in [0.2, 0.25) is 9.17 Å². The van der Waals surface area contributed by atoms with Crippen LogP contribution in [0.3, 0.4) is 0 Å². The molecule has 2 amide bonds. The van der Waals surface area contributed by atoms with Crippen molar-refractivity contribution >= 4 is 79.7 Å². The third kappa shape index (κ3) is 5.80. The minimum absolute atomic E-state index is 0.0186. The Kier molecular flexibility index (Phi) is 8.04. The average molecular weight is 575 g/mol. The number of ether oxygens (including phenoxy) is 2. The molecule has 1 N–H and O–H groups in total. The predicted octanol–water partition coefficient (Wildman–Crippen LogP) is 2.04. The standard InChI is InChI=1S/C18H16BrCl3N2O6S/c19-6-10-8-31(28)16-13(23-12(25)7-29-11-4-2-1-3-5-11)15(26)24(16)14(10)17(27)30-9-18(20,21)22/h1-5,13,16H,6-9H2,(H,23,25)/t13?,16-,31?/m0/s1. The Morgan fingerprint density at radius 2 is 1.97 bits per heavy atom. The zero-order valence-corrected chi connectivity index (χ0v) is 20.4. The fourth-order valence-electron chi connectivity index (χ4n) is 3.04. The Labute approximate surface area is 204 Å². The van der Waals surface area contributed by atoms with E-state index in [1.54, 1.807) is 30.3 Å². The van der Waals surface area contributed by atoms with E-state index < -0.39 is 50.8 Å². The van der Waals surface area contributed by atoms with Crippen LogP contribution in [0.1, 0.15) is 0 Å². The van der Waals surface area contributed by atoms with E-state index >= 15 is 0 Å². The van der Waals surface area contributed by atoms with Crippen molar-refractivity contribution in [2.45, 2.75) is 15.2 Å². The summed E-state index contributed by atoms with van der Waals surface area (Å²) in [6.07, 6.45) is 0. The molecule has 2 unspecified atom stereocenters. The highest BCUT2D eigenvalue weighted by Gasteiger charge is 2.61. The van der Waals surface area contributed by atoms with Crippen molar-refractivity contribution in [2.75, 3.05) is 24.3 Å². The number of rotatable bonds is 7. The summed E-state index contributed by atoms with van der Waals surface area (Å²) in [6.45, 7) is -0.851. The van der Waals surface area contributed by atoms with E-state index in [1.807, 2.05) is 0 Å². The maximum Gasteiger partial charge on any atom is 0.355 e. The second-order valence-corrected chi connectivity index (χ2v) is 11.2. The number of fused-ring (bicyclic) bond motifs is 1. The minimum Gasteiger partial charge on any atom is -0.614 e. The number of hydrogen-bond donors (Lipinski definition) is 1. The van der Waals surface area contributed by atoms with Gasteiger partial charge in [0.05, 0.1) is 0 Å². The van der Waals surface area contributed by atoms with Crippen molar-refractivity contribution in [1.82, 2.24) is 10.2 Å². The number of benzene rings is 1. The molecule has 0 saturated carbocycles. The lowest BCUT2D eigenvalue weighted by atomic mass is 10.0. The molecule has 13 heteroatoms. The summed E-state index contributed by atoms with van der Waals surface area (Å²) in [5.74, 6) is -1.53. The van der Waals surface area contributed by atoms with Gasteiger partial charge in [-0.2, -0.15) is 0 Å². The lowest BCUT2D eigenvalue weighted by Gasteiger charge is -2.49. The van der Waals surface area contributed by atoms with Gasteiger partial charge in [0, 0.05) is 10.9 Å². The molecule has 31 heavy (non-hydrogen) atoms. The number of nitrogens with one attached hydrogen (secondary N) is 1. The number of alkyl halides is 4. The van der Waals surface area contributed by atoms with Crippen molar-refractivity contribution in [3.63, 3.8) is 0 Å². The van der Waals surface area contributed by atoms with Crippen LogP contribution in [-0.2, 0) is 30.3 Å². The number of β-lactam (4-membered cyclic amide) rings is 1. The number of esters is 1. The highest BCUT2D eigenvalue weighted by atomic mass is 79.9. The highest BCUT2D eigenvalue weighted by molar-refractivity contribution is 9.09.